The molecule has 4 nitrogen and oxygen atoms in total. The second-order valence-corrected chi connectivity index (χ2v) is 11.5. The number of nitrogens with zero attached hydrogens (tertiary/aromatic N) is 3. The molecule has 0 saturated carbocycles. The van der Waals surface area contributed by atoms with Gasteiger partial charge in [0.15, 0.2) is 0 Å². The normalized spacial score (nSPS) is 19.3. The van der Waals surface area contributed by atoms with Gasteiger partial charge in [0.1, 0.15) is 11.4 Å². The summed E-state index contributed by atoms with van der Waals surface area (Å²) in [5.74, 6) is 0.841. The number of hydrogen-bond donors (Lipinski definition) is 0. The van der Waals surface area contributed by atoms with Gasteiger partial charge in [-0.1, -0.05) is 88.5 Å². The number of hydrogen-bond acceptors (Lipinski definition) is 4. The van der Waals surface area contributed by atoms with E-state index in [0.29, 0.717) is 0 Å². The molecule has 5 rings (SSSR count). The van der Waals surface area contributed by atoms with Crippen molar-refractivity contribution < 1.29 is 4.74 Å². The third kappa shape index (κ3) is 4.76. The molecule has 1 atom stereocenters. The van der Waals surface area contributed by atoms with Crippen LogP contribution in [0.15, 0.2) is 53.8 Å². The lowest BCUT2D eigenvalue weighted by Crippen LogP contribution is -2.62. The molecule has 0 saturated heterocycles. The topological polar surface area (TPSA) is 37.7 Å². The summed E-state index contributed by atoms with van der Waals surface area (Å²) >= 11 is 0. The molecule has 1 aromatic heterocycles. The van der Waals surface area contributed by atoms with Gasteiger partial charge in [0.05, 0.1) is 11.6 Å². The number of aromatic nitrogens is 1. The highest BCUT2D eigenvalue weighted by Crippen LogP contribution is 2.55. The molecule has 0 amide bonds. The van der Waals surface area contributed by atoms with Crippen molar-refractivity contribution in [2.75, 3.05) is 11.4 Å². The number of aliphatic imine (C=N–C) groups is 1. The summed E-state index contributed by atoms with van der Waals surface area (Å²) in [4.78, 5) is 11.9. The second-order valence-electron chi connectivity index (χ2n) is 11.5. The molecule has 0 fully saturated rings. The van der Waals surface area contributed by atoms with Crippen LogP contribution in [0.2, 0.25) is 0 Å². The smallest absolute Gasteiger partial charge is 0.228 e. The van der Waals surface area contributed by atoms with Gasteiger partial charge in [-0.05, 0) is 56.3 Å². The maximum absolute atomic E-state index is 7.03. The molecule has 196 valence electrons. The summed E-state index contributed by atoms with van der Waals surface area (Å²) in [7, 11) is 0. The van der Waals surface area contributed by atoms with Crippen molar-refractivity contribution >= 4 is 28.4 Å². The predicted octanol–water partition coefficient (Wildman–Crippen LogP) is 9.05. The molecule has 0 bridgehead atoms. The highest BCUT2D eigenvalue weighted by atomic mass is 16.5. The second kappa shape index (κ2) is 10.8. The molecule has 2 aromatic carbocycles. The number of benzene rings is 2. The van der Waals surface area contributed by atoms with Gasteiger partial charge in [0, 0.05) is 30.0 Å². The Morgan fingerprint density at radius 1 is 0.865 bits per heavy atom. The fourth-order valence-electron chi connectivity index (χ4n) is 6.24. The van der Waals surface area contributed by atoms with E-state index in [1.54, 1.807) is 0 Å². The maximum atomic E-state index is 7.03. The number of pyridine rings is 1. The molecule has 1 unspecified atom stereocenters. The Balaban J connectivity index is 1.34. The molecule has 3 heterocycles. The molecule has 4 heteroatoms. The molecule has 2 aliphatic rings. The summed E-state index contributed by atoms with van der Waals surface area (Å²) in [6.07, 6.45) is 19.2. The molecule has 0 radical (unpaired) electrons. The first-order valence-electron chi connectivity index (χ1n) is 14.5. The lowest BCUT2D eigenvalue weighted by Gasteiger charge is -2.46. The quantitative estimate of drug-likeness (QED) is 0.248. The van der Waals surface area contributed by atoms with Crippen LogP contribution in [0.4, 0.5) is 11.4 Å². The SMILES string of the molecule is CCCCCCCCCCCCN1c2ccc(C)cc2C(C)(C)C12C=Nc1c(ccc3ccncc13)O2. The van der Waals surface area contributed by atoms with E-state index in [4.69, 9.17) is 9.73 Å². The van der Waals surface area contributed by atoms with Crippen LogP contribution in [0.1, 0.15) is 96.1 Å². The van der Waals surface area contributed by atoms with Gasteiger partial charge >= 0.3 is 0 Å². The Kier molecular flexibility index (Phi) is 7.55. The zero-order valence-electron chi connectivity index (χ0n) is 23.2. The zero-order chi connectivity index (χ0) is 25.9. The average Bonchev–Trinajstić information content (AvgIpc) is 3.07. The Hall–Kier alpha value is -2.88. The van der Waals surface area contributed by atoms with Crippen LogP contribution < -0.4 is 9.64 Å². The average molecular weight is 498 g/mol. The van der Waals surface area contributed by atoms with Crippen molar-refractivity contribution in [1.29, 1.82) is 0 Å². The Morgan fingerprint density at radius 3 is 2.35 bits per heavy atom. The van der Waals surface area contributed by atoms with Crippen molar-refractivity contribution in [3.63, 3.8) is 0 Å². The minimum atomic E-state index is -0.648. The minimum Gasteiger partial charge on any atom is -0.459 e. The van der Waals surface area contributed by atoms with Gasteiger partial charge < -0.3 is 9.64 Å². The molecule has 0 N–H and O–H groups in total. The predicted molar refractivity (Wildman–Crippen MR) is 157 cm³/mol. The Bertz CT molecular complexity index is 1260. The van der Waals surface area contributed by atoms with Crippen molar-refractivity contribution in [2.45, 2.75) is 103 Å². The van der Waals surface area contributed by atoms with Gasteiger partial charge in [-0.2, -0.15) is 0 Å². The van der Waals surface area contributed by atoms with E-state index in [9.17, 15) is 0 Å². The van der Waals surface area contributed by atoms with Gasteiger partial charge in [-0.3, -0.25) is 9.98 Å². The molecule has 37 heavy (non-hydrogen) atoms. The van der Waals surface area contributed by atoms with Crippen LogP contribution in [0.3, 0.4) is 0 Å². The van der Waals surface area contributed by atoms with Gasteiger partial charge in [-0.15, -0.1) is 0 Å². The summed E-state index contributed by atoms with van der Waals surface area (Å²) in [5, 5.41) is 2.17. The first-order chi connectivity index (χ1) is 18.0. The van der Waals surface area contributed by atoms with E-state index in [1.165, 1.54) is 74.6 Å². The number of unbranched alkanes of at least 4 members (excludes halogenated alkanes) is 9. The molecular formula is C33H43N3O. The summed E-state index contributed by atoms with van der Waals surface area (Å²) in [6.45, 7) is 10.0. The fraction of sp³-hybridized carbons (Fsp3) is 0.515. The van der Waals surface area contributed by atoms with Gasteiger partial charge in [-0.25, -0.2) is 0 Å². The van der Waals surface area contributed by atoms with E-state index in [-0.39, 0.29) is 5.41 Å². The fourth-order valence-corrected chi connectivity index (χ4v) is 6.24. The van der Waals surface area contributed by atoms with Gasteiger partial charge in [0.25, 0.3) is 0 Å². The van der Waals surface area contributed by atoms with Crippen LogP contribution in [-0.2, 0) is 5.41 Å². The minimum absolute atomic E-state index is 0.252. The standard InChI is InChI=1S/C33H43N3O/c1-5-6-7-8-9-10-11-12-13-14-21-36-29-17-15-25(2)22-28(29)32(3,4)33(36)24-35-31-27-23-34-20-19-26(27)16-18-30(31)37-33/h15-20,22-24H,5-14,21H2,1-4H3. The highest BCUT2D eigenvalue weighted by Gasteiger charge is 2.59. The Morgan fingerprint density at radius 2 is 1.59 bits per heavy atom. The van der Waals surface area contributed by atoms with Crippen LogP contribution in [0.5, 0.6) is 5.75 Å². The maximum Gasteiger partial charge on any atom is 0.228 e. The van der Waals surface area contributed by atoms with Crippen LogP contribution in [-0.4, -0.2) is 23.5 Å². The van der Waals surface area contributed by atoms with Crippen molar-refractivity contribution in [1.82, 2.24) is 4.98 Å². The van der Waals surface area contributed by atoms with E-state index in [1.807, 2.05) is 18.5 Å². The number of rotatable bonds is 11. The number of anilines is 1. The largest absolute Gasteiger partial charge is 0.459 e. The van der Waals surface area contributed by atoms with Crippen molar-refractivity contribution in [3.8, 4) is 5.75 Å². The third-order valence-electron chi connectivity index (χ3n) is 8.54. The van der Waals surface area contributed by atoms with E-state index in [2.05, 4.69) is 74.1 Å². The number of aryl methyl sites for hydroxylation is 1. The lowest BCUT2D eigenvalue weighted by molar-refractivity contribution is 0.0774. The molecule has 1 spiro atoms. The van der Waals surface area contributed by atoms with E-state index in [0.717, 1.165) is 35.2 Å². The molecule has 0 aliphatic carbocycles. The zero-order valence-corrected chi connectivity index (χ0v) is 23.2. The van der Waals surface area contributed by atoms with E-state index < -0.39 is 5.72 Å². The van der Waals surface area contributed by atoms with Crippen molar-refractivity contribution in [3.05, 3.63) is 59.9 Å². The van der Waals surface area contributed by atoms with E-state index >= 15 is 0 Å². The van der Waals surface area contributed by atoms with Crippen LogP contribution >= 0.6 is 0 Å². The number of fused-ring (bicyclic) bond motifs is 4. The third-order valence-corrected chi connectivity index (χ3v) is 8.54. The summed E-state index contributed by atoms with van der Waals surface area (Å²) < 4.78 is 7.03. The van der Waals surface area contributed by atoms with Gasteiger partial charge in [0.2, 0.25) is 5.72 Å². The van der Waals surface area contributed by atoms with Crippen molar-refractivity contribution in [2.24, 2.45) is 4.99 Å². The number of ether oxygens (including phenoxy) is 1. The summed E-state index contributed by atoms with van der Waals surface area (Å²) in [5.41, 5.74) is 3.90. The van der Waals surface area contributed by atoms with Crippen LogP contribution in [0, 0.1) is 6.92 Å². The Labute approximate surface area is 223 Å². The molecular weight excluding hydrogens is 454 g/mol. The molecule has 2 aliphatic heterocycles. The summed E-state index contributed by atoms with van der Waals surface area (Å²) in [6, 6.07) is 13.1. The highest BCUT2D eigenvalue weighted by molar-refractivity contribution is 5.99. The molecule has 3 aromatic rings. The monoisotopic (exact) mass is 497 g/mol. The first kappa shape index (κ1) is 25.8. The van der Waals surface area contributed by atoms with Crippen LogP contribution in [0.25, 0.3) is 10.8 Å². The lowest BCUT2D eigenvalue weighted by atomic mass is 9.77. The first-order valence-corrected chi connectivity index (χ1v) is 14.5.